The molecule has 104 valence electrons. The third-order valence-electron chi connectivity index (χ3n) is 3.65. The van der Waals surface area contributed by atoms with Crippen LogP contribution in [0, 0.1) is 5.92 Å². The Hall–Kier alpha value is -1.72. The molecule has 1 aliphatic carbocycles. The highest BCUT2D eigenvalue weighted by Gasteiger charge is 2.29. The van der Waals surface area contributed by atoms with Crippen LogP contribution in [0.2, 0.25) is 0 Å². The molecule has 1 aromatic heterocycles. The highest BCUT2D eigenvalue weighted by Crippen LogP contribution is 2.28. The van der Waals surface area contributed by atoms with Gasteiger partial charge in [0.15, 0.2) is 0 Å². The lowest BCUT2D eigenvalue weighted by Gasteiger charge is -2.34. The molecule has 1 amide bonds. The maximum Gasteiger partial charge on any atom is 0.263 e. The quantitative estimate of drug-likeness (QED) is 0.906. The lowest BCUT2D eigenvalue weighted by Crippen LogP contribution is -2.46. The zero-order chi connectivity index (χ0) is 13.9. The number of thiazole rings is 1. The Morgan fingerprint density at radius 1 is 1.35 bits per heavy atom. The van der Waals surface area contributed by atoms with Gasteiger partial charge in [0.2, 0.25) is 0 Å². The molecule has 20 heavy (non-hydrogen) atoms. The molecule has 1 aliphatic rings. The van der Waals surface area contributed by atoms with Gasteiger partial charge in [-0.15, -0.1) is 11.3 Å². The summed E-state index contributed by atoms with van der Waals surface area (Å²) in [6, 6.07) is 10.2. The summed E-state index contributed by atoms with van der Waals surface area (Å²) in [6.07, 6.45) is 3.64. The van der Waals surface area contributed by atoms with Crippen LogP contribution in [0.5, 0.6) is 0 Å². The summed E-state index contributed by atoms with van der Waals surface area (Å²) in [5.74, 6) is 0.548. The molecule has 0 unspecified atom stereocenters. The van der Waals surface area contributed by atoms with Crippen LogP contribution in [0.4, 0.5) is 0 Å². The average Bonchev–Trinajstić information content (AvgIpc) is 2.93. The Kier molecular flexibility index (Phi) is 3.80. The predicted molar refractivity (Wildman–Crippen MR) is 80.6 cm³/mol. The maximum atomic E-state index is 12.1. The van der Waals surface area contributed by atoms with Crippen LogP contribution < -0.4 is 11.1 Å². The average molecular weight is 287 g/mol. The van der Waals surface area contributed by atoms with E-state index in [4.69, 9.17) is 5.73 Å². The van der Waals surface area contributed by atoms with Gasteiger partial charge in [0, 0.05) is 11.6 Å². The summed E-state index contributed by atoms with van der Waals surface area (Å²) in [5, 5.41) is 3.92. The molecule has 0 spiro atoms. The molecule has 3 rings (SSSR count). The number of carbonyl (C=O) groups excluding carboxylic acids is 1. The Labute approximate surface area is 122 Å². The van der Waals surface area contributed by atoms with E-state index in [1.54, 1.807) is 6.20 Å². The Morgan fingerprint density at radius 2 is 2.10 bits per heavy atom. The van der Waals surface area contributed by atoms with Crippen molar-refractivity contribution in [2.24, 2.45) is 11.7 Å². The third kappa shape index (κ3) is 2.73. The molecule has 2 aromatic rings. The fourth-order valence-electron chi connectivity index (χ4n) is 2.40. The highest BCUT2D eigenvalue weighted by molar-refractivity contribution is 7.16. The van der Waals surface area contributed by atoms with Crippen LogP contribution in [0.1, 0.15) is 22.5 Å². The summed E-state index contributed by atoms with van der Waals surface area (Å²) in [7, 11) is 0. The molecular weight excluding hydrogens is 270 g/mol. The number of nitrogens with zero attached hydrogens (tertiary/aromatic N) is 1. The smallest absolute Gasteiger partial charge is 0.263 e. The molecule has 1 heterocycles. The van der Waals surface area contributed by atoms with E-state index >= 15 is 0 Å². The minimum Gasteiger partial charge on any atom is -0.349 e. The standard InChI is InChI=1S/C15H17N3OS/c16-8-10-6-12(7-10)18-14(19)13-9-17-15(20-13)11-4-2-1-3-5-11/h1-5,9-10,12H,6-8,16H2,(H,18,19)/t10-,12-. The second kappa shape index (κ2) is 5.73. The molecule has 3 N–H and O–H groups in total. The highest BCUT2D eigenvalue weighted by atomic mass is 32.1. The number of hydrogen-bond acceptors (Lipinski definition) is 4. The maximum absolute atomic E-state index is 12.1. The fraction of sp³-hybridized carbons (Fsp3) is 0.333. The van der Waals surface area contributed by atoms with Crippen LogP contribution in [0.25, 0.3) is 10.6 Å². The van der Waals surface area contributed by atoms with Gasteiger partial charge >= 0.3 is 0 Å². The zero-order valence-electron chi connectivity index (χ0n) is 11.1. The van der Waals surface area contributed by atoms with Crippen molar-refractivity contribution in [2.45, 2.75) is 18.9 Å². The molecule has 1 saturated carbocycles. The second-order valence-corrected chi connectivity index (χ2v) is 6.17. The van der Waals surface area contributed by atoms with Gasteiger partial charge in [0.25, 0.3) is 5.91 Å². The van der Waals surface area contributed by atoms with Gasteiger partial charge in [0.05, 0.1) is 6.20 Å². The summed E-state index contributed by atoms with van der Waals surface area (Å²) >= 11 is 1.43. The number of aromatic nitrogens is 1. The molecular formula is C15H17N3OS. The predicted octanol–water partition coefficient (Wildman–Crippen LogP) is 2.28. The molecule has 0 saturated heterocycles. The van der Waals surface area contributed by atoms with E-state index in [1.807, 2.05) is 30.3 Å². The molecule has 4 nitrogen and oxygen atoms in total. The molecule has 1 aromatic carbocycles. The number of rotatable bonds is 4. The molecule has 0 aliphatic heterocycles. The first-order valence-corrected chi connectivity index (χ1v) is 7.60. The molecule has 0 bridgehead atoms. The Balaban J connectivity index is 1.64. The first-order chi connectivity index (χ1) is 9.76. The van der Waals surface area contributed by atoms with Crippen LogP contribution in [-0.2, 0) is 0 Å². The lowest BCUT2D eigenvalue weighted by atomic mass is 9.80. The number of nitrogens with two attached hydrogens (primary N) is 1. The number of benzene rings is 1. The number of carbonyl (C=O) groups is 1. The van der Waals surface area contributed by atoms with Crippen molar-refractivity contribution in [3.63, 3.8) is 0 Å². The van der Waals surface area contributed by atoms with Gasteiger partial charge in [-0.05, 0) is 25.3 Å². The van der Waals surface area contributed by atoms with Gasteiger partial charge in [-0.2, -0.15) is 0 Å². The monoisotopic (exact) mass is 287 g/mol. The van der Waals surface area contributed by atoms with E-state index in [0.717, 1.165) is 23.4 Å². The van der Waals surface area contributed by atoms with Crippen LogP contribution in [0.3, 0.4) is 0 Å². The molecule has 0 atom stereocenters. The number of hydrogen-bond donors (Lipinski definition) is 2. The SMILES string of the molecule is NC[C@H]1C[C@H](NC(=O)c2cnc(-c3ccccc3)s2)C1. The van der Waals surface area contributed by atoms with Crippen LogP contribution in [0.15, 0.2) is 36.5 Å². The topological polar surface area (TPSA) is 68.0 Å². The van der Waals surface area contributed by atoms with Crippen LogP contribution in [-0.4, -0.2) is 23.5 Å². The van der Waals surface area contributed by atoms with Crippen molar-refractivity contribution < 1.29 is 4.79 Å². The lowest BCUT2D eigenvalue weighted by molar-refractivity contribution is 0.0896. The Bertz CT molecular complexity index is 590. The van der Waals surface area contributed by atoms with Gasteiger partial charge in [-0.25, -0.2) is 4.98 Å². The van der Waals surface area contributed by atoms with E-state index in [9.17, 15) is 4.79 Å². The summed E-state index contributed by atoms with van der Waals surface area (Å²) < 4.78 is 0. The third-order valence-corrected chi connectivity index (χ3v) is 4.70. The van der Waals surface area contributed by atoms with Crippen LogP contribution >= 0.6 is 11.3 Å². The van der Waals surface area contributed by atoms with E-state index in [-0.39, 0.29) is 11.9 Å². The second-order valence-electron chi connectivity index (χ2n) is 5.14. The molecule has 0 radical (unpaired) electrons. The largest absolute Gasteiger partial charge is 0.349 e. The van der Waals surface area contributed by atoms with Gasteiger partial charge in [0.1, 0.15) is 9.88 Å². The van der Waals surface area contributed by atoms with Crippen molar-refractivity contribution >= 4 is 17.2 Å². The van der Waals surface area contributed by atoms with E-state index in [2.05, 4.69) is 10.3 Å². The van der Waals surface area contributed by atoms with Gasteiger partial charge in [-0.1, -0.05) is 30.3 Å². The zero-order valence-corrected chi connectivity index (χ0v) is 11.9. The molecule has 5 heteroatoms. The summed E-state index contributed by atoms with van der Waals surface area (Å²) in [4.78, 5) is 17.1. The van der Waals surface area contributed by atoms with E-state index < -0.39 is 0 Å². The van der Waals surface area contributed by atoms with Crippen molar-refractivity contribution in [1.82, 2.24) is 10.3 Å². The minimum absolute atomic E-state index is 0.0230. The normalized spacial score (nSPS) is 21.2. The van der Waals surface area contributed by atoms with Crippen molar-refractivity contribution in [3.8, 4) is 10.6 Å². The van der Waals surface area contributed by atoms with E-state index in [0.29, 0.717) is 17.3 Å². The first kappa shape index (κ1) is 13.3. The summed E-state index contributed by atoms with van der Waals surface area (Å²) in [5.41, 5.74) is 6.63. The van der Waals surface area contributed by atoms with Crippen molar-refractivity contribution in [1.29, 1.82) is 0 Å². The number of amides is 1. The van der Waals surface area contributed by atoms with E-state index in [1.165, 1.54) is 11.3 Å². The van der Waals surface area contributed by atoms with Gasteiger partial charge in [-0.3, -0.25) is 4.79 Å². The Morgan fingerprint density at radius 3 is 2.80 bits per heavy atom. The van der Waals surface area contributed by atoms with Gasteiger partial charge < -0.3 is 11.1 Å². The number of nitrogens with one attached hydrogen (secondary N) is 1. The van der Waals surface area contributed by atoms with Crippen molar-refractivity contribution in [3.05, 3.63) is 41.4 Å². The molecule has 1 fully saturated rings. The first-order valence-electron chi connectivity index (χ1n) is 6.78. The summed E-state index contributed by atoms with van der Waals surface area (Å²) in [6.45, 7) is 0.713. The van der Waals surface area contributed by atoms with Crippen molar-refractivity contribution in [2.75, 3.05) is 6.54 Å². The minimum atomic E-state index is -0.0230. The fourth-order valence-corrected chi connectivity index (χ4v) is 3.22.